The molecule has 0 saturated heterocycles. The van der Waals surface area contributed by atoms with Crippen molar-refractivity contribution in [3.63, 3.8) is 0 Å². The lowest BCUT2D eigenvalue weighted by Crippen LogP contribution is -2.42. The Morgan fingerprint density at radius 2 is 1.85 bits per heavy atom. The van der Waals surface area contributed by atoms with Crippen molar-refractivity contribution in [1.29, 1.82) is 0 Å². The van der Waals surface area contributed by atoms with Gasteiger partial charge >= 0.3 is 0 Å². The minimum absolute atomic E-state index is 0.235. The van der Waals surface area contributed by atoms with Gasteiger partial charge in [-0.15, -0.1) is 0 Å². The predicted molar refractivity (Wildman–Crippen MR) is 134 cm³/mol. The van der Waals surface area contributed by atoms with Crippen LogP contribution in [0.3, 0.4) is 0 Å². The number of hydrogen-bond acceptors (Lipinski definition) is 4. The summed E-state index contributed by atoms with van der Waals surface area (Å²) in [6.45, 7) is 6.30. The van der Waals surface area contributed by atoms with E-state index in [0.717, 1.165) is 21.3 Å². The third-order valence-electron chi connectivity index (χ3n) is 5.70. The van der Waals surface area contributed by atoms with E-state index in [1.165, 1.54) is 0 Å². The minimum atomic E-state index is -0.397. The highest BCUT2D eigenvalue weighted by Crippen LogP contribution is 2.43. The summed E-state index contributed by atoms with van der Waals surface area (Å²) in [6, 6.07) is 9.11. The first-order valence-corrected chi connectivity index (χ1v) is 11.9. The van der Waals surface area contributed by atoms with Gasteiger partial charge in [-0.1, -0.05) is 23.2 Å². The Hall–Kier alpha value is -2.22. The summed E-state index contributed by atoms with van der Waals surface area (Å²) in [5.74, 6) is 0.919. The van der Waals surface area contributed by atoms with Gasteiger partial charge in [0.1, 0.15) is 11.4 Å². The number of carbonyl (C=O) groups is 1. The molecule has 2 aromatic carbocycles. The van der Waals surface area contributed by atoms with Crippen molar-refractivity contribution < 1.29 is 14.3 Å². The number of methoxy groups -OCH3 is 1. The monoisotopic (exact) mass is 551 g/mol. The van der Waals surface area contributed by atoms with Crippen LogP contribution in [0.2, 0.25) is 10.0 Å². The van der Waals surface area contributed by atoms with E-state index in [1.807, 2.05) is 32.9 Å². The highest BCUT2D eigenvalue weighted by Gasteiger charge is 2.34. The maximum atomic E-state index is 13.5. The number of aromatic nitrogens is 2. The largest absolute Gasteiger partial charge is 0.496 e. The molecule has 33 heavy (non-hydrogen) atoms. The predicted octanol–water partition coefficient (Wildman–Crippen LogP) is 6.42. The lowest BCUT2D eigenvalue weighted by Gasteiger charge is -2.31. The maximum absolute atomic E-state index is 13.5. The maximum Gasteiger partial charge on any atom is 0.278 e. The van der Waals surface area contributed by atoms with Crippen LogP contribution >= 0.6 is 39.1 Å². The SMILES string of the molecule is COc1cc2c(cc1Br)-c1c(c(C(=O)N(C)C(C)(C)C)nn1-c1cc(Cl)cc(Cl)c1)OCC2. The zero-order chi connectivity index (χ0) is 24.1. The van der Waals surface area contributed by atoms with Gasteiger partial charge in [0, 0.05) is 34.6 Å². The van der Waals surface area contributed by atoms with Crippen LogP contribution in [0.25, 0.3) is 16.9 Å². The van der Waals surface area contributed by atoms with E-state index in [1.54, 1.807) is 41.9 Å². The fourth-order valence-corrected chi connectivity index (χ4v) is 4.69. The Bertz CT molecular complexity index is 1230. The van der Waals surface area contributed by atoms with Gasteiger partial charge in [0.15, 0.2) is 11.4 Å². The first-order valence-electron chi connectivity index (χ1n) is 10.4. The number of carbonyl (C=O) groups excluding carboxylic acids is 1. The molecule has 174 valence electrons. The molecule has 0 aliphatic carbocycles. The van der Waals surface area contributed by atoms with Crippen molar-refractivity contribution in [2.75, 3.05) is 20.8 Å². The van der Waals surface area contributed by atoms with Crippen LogP contribution in [-0.2, 0) is 6.42 Å². The Kier molecular flexibility index (Phi) is 6.42. The number of fused-ring (bicyclic) bond motifs is 3. The fourth-order valence-electron chi connectivity index (χ4n) is 3.67. The van der Waals surface area contributed by atoms with E-state index < -0.39 is 5.54 Å². The zero-order valence-electron chi connectivity index (χ0n) is 19.0. The Balaban J connectivity index is 2.03. The fraction of sp³-hybridized carbons (Fsp3) is 0.333. The number of ether oxygens (including phenoxy) is 2. The standard InChI is InChI=1S/C24H24BrCl2N3O3/c1-24(2,3)29(4)23(31)20-22-21(30(28-20)16-10-14(26)9-15(27)11-16)17-12-18(25)19(32-5)8-13(17)6-7-33-22/h8-12H,6-7H2,1-5H3. The molecule has 0 spiro atoms. The Labute approximate surface area is 211 Å². The Morgan fingerprint density at radius 3 is 2.45 bits per heavy atom. The molecular formula is C24H24BrCl2N3O3. The summed E-state index contributed by atoms with van der Waals surface area (Å²) >= 11 is 16.2. The van der Waals surface area contributed by atoms with Crippen LogP contribution in [0.4, 0.5) is 0 Å². The minimum Gasteiger partial charge on any atom is -0.496 e. The summed E-state index contributed by atoms with van der Waals surface area (Å²) in [6.07, 6.45) is 0.646. The topological polar surface area (TPSA) is 56.6 Å². The molecule has 0 saturated carbocycles. The molecule has 1 aliphatic rings. The zero-order valence-corrected chi connectivity index (χ0v) is 22.1. The summed E-state index contributed by atoms with van der Waals surface area (Å²) in [5, 5.41) is 5.66. The molecule has 4 rings (SSSR count). The van der Waals surface area contributed by atoms with Gasteiger partial charge in [0.2, 0.25) is 0 Å². The molecule has 0 fully saturated rings. The van der Waals surface area contributed by atoms with Crippen molar-refractivity contribution in [1.82, 2.24) is 14.7 Å². The van der Waals surface area contributed by atoms with Crippen LogP contribution in [0.1, 0.15) is 36.8 Å². The molecule has 1 amide bonds. The Morgan fingerprint density at radius 1 is 1.18 bits per heavy atom. The number of nitrogens with zero attached hydrogens (tertiary/aromatic N) is 3. The van der Waals surface area contributed by atoms with Gasteiger partial charge in [-0.3, -0.25) is 4.79 Å². The molecule has 1 aliphatic heterocycles. The molecule has 1 aromatic heterocycles. The molecule has 6 nitrogen and oxygen atoms in total. The molecule has 0 atom stereocenters. The number of rotatable bonds is 3. The highest BCUT2D eigenvalue weighted by molar-refractivity contribution is 9.10. The number of hydrogen-bond donors (Lipinski definition) is 0. The van der Waals surface area contributed by atoms with E-state index >= 15 is 0 Å². The van der Waals surface area contributed by atoms with Crippen LogP contribution in [0, 0.1) is 0 Å². The molecular weight excluding hydrogens is 529 g/mol. The quantitative estimate of drug-likeness (QED) is 0.376. The van der Waals surface area contributed by atoms with Gasteiger partial charge in [0.25, 0.3) is 5.91 Å². The van der Waals surface area contributed by atoms with Crippen molar-refractivity contribution in [3.05, 3.63) is 56.1 Å². The second kappa shape index (κ2) is 8.85. The van der Waals surface area contributed by atoms with E-state index in [2.05, 4.69) is 15.9 Å². The normalized spacial score (nSPS) is 13.0. The molecule has 3 aromatic rings. The lowest BCUT2D eigenvalue weighted by atomic mass is 10.0. The first kappa shape index (κ1) is 23.9. The average Bonchev–Trinajstić information content (AvgIpc) is 3.02. The molecule has 0 radical (unpaired) electrons. The molecule has 2 heterocycles. The van der Waals surface area contributed by atoms with Gasteiger partial charge in [0.05, 0.1) is 23.9 Å². The number of halogens is 3. The summed E-state index contributed by atoms with van der Waals surface area (Å²) < 4.78 is 14.1. The highest BCUT2D eigenvalue weighted by atomic mass is 79.9. The number of amides is 1. The molecule has 9 heteroatoms. The van der Waals surface area contributed by atoms with Gasteiger partial charge in [-0.25, -0.2) is 4.68 Å². The molecule has 0 N–H and O–H groups in total. The van der Waals surface area contributed by atoms with Gasteiger partial charge in [-0.2, -0.15) is 5.10 Å². The summed E-state index contributed by atoms with van der Waals surface area (Å²) in [5.41, 5.74) is 3.03. The smallest absolute Gasteiger partial charge is 0.278 e. The van der Waals surface area contributed by atoms with Crippen molar-refractivity contribution in [3.8, 4) is 28.4 Å². The lowest BCUT2D eigenvalue weighted by molar-refractivity contribution is 0.0645. The van der Waals surface area contributed by atoms with Crippen LogP contribution in [0.15, 0.2) is 34.8 Å². The van der Waals surface area contributed by atoms with Crippen molar-refractivity contribution in [2.45, 2.75) is 32.7 Å². The average molecular weight is 553 g/mol. The number of benzene rings is 2. The van der Waals surface area contributed by atoms with E-state index in [-0.39, 0.29) is 11.6 Å². The van der Waals surface area contributed by atoms with Crippen molar-refractivity contribution in [2.24, 2.45) is 0 Å². The first-order chi connectivity index (χ1) is 15.5. The van der Waals surface area contributed by atoms with E-state index in [0.29, 0.717) is 40.2 Å². The van der Waals surface area contributed by atoms with E-state index in [4.69, 9.17) is 37.8 Å². The van der Waals surface area contributed by atoms with Gasteiger partial charge in [-0.05, 0) is 72.6 Å². The van der Waals surface area contributed by atoms with E-state index in [9.17, 15) is 4.79 Å². The molecule has 0 unspecified atom stereocenters. The third kappa shape index (κ3) is 4.46. The second-order valence-corrected chi connectivity index (χ2v) is 10.6. The molecule has 0 bridgehead atoms. The van der Waals surface area contributed by atoms with Gasteiger partial charge < -0.3 is 14.4 Å². The van der Waals surface area contributed by atoms with Crippen LogP contribution < -0.4 is 9.47 Å². The third-order valence-corrected chi connectivity index (χ3v) is 6.75. The van der Waals surface area contributed by atoms with Crippen LogP contribution in [0.5, 0.6) is 11.5 Å². The summed E-state index contributed by atoms with van der Waals surface area (Å²) in [7, 11) is 3.39. The summed E-state index contributed by atoms with van der Waals surface area (Å²) in [4.78, 5) is 15.2. The second-order valence-electron chi connectivity index (χ2n) is 8.84. The van der Waals surface area contributed by atoms with Crippen LogP contribution in [-0.4, -0.2) is 46.9 Å². The van der Waals surface area contributed by atoms with Crippen molar-refractivity contribution >= 4 is 45.0 Å².